The highest BCUT2D eigenvalue weighted by Crippen LogP contribution is 2.33. The maximum absolute atomic E-state index is 14.6. The lowest BCUT2D eigenvalue weighted by Crippen LogP contribution is -2.52. The van der Waals surface area contributed by atoms with Crippen LogP contribution in [0, 0.1) is 5.82 Å². The number of carbonyl (C=O) groups excluding carboxylic acids is 2. The summed E-state index contributed by atoms with van der Waals surface area (Å²) in [6.45, 7) is 6.26. The van der Waals surface area contributed by atoms with Crippen LogP contribution < -0.4 is 14.4 Å². The van der Waals surface area contributed by atoms with Gasteiger partial charge in [0.2, 0.25) is 11.8 Å². The quantitative estimate of drug-likeness (QED) is 0.358. The normalized spacial score (nSPS) is 12.1. The third-order valence-corrected chi connectivity index (χ3v) is 7.71. The minimum Gasteiger partial charge on any atom is -0.492 e. The summed E-state index contributed by atoms with van der Waals surface area (Å²) in [5, 5.41) is 2.77. The highest BCUT2D eigenvalue weighted by molar-refractivity contribution is 7.92. The van der Waals surface area contributed by atoms with E-state index in [1.807, 2.05) is 0 Å². The standard InChI is InChI=1S/C29H34FN3O5S/c1-5-38-27-18-12-11-17-26(27)33(39(36,37)24-14-7-6-8-15-24)20-28(34)32(22(4)29(35)31-21(2)3)19-23-13-9-10-16-25(23)30/h6-18,21-22H,5,19-20H2,1-4H3,(H,31,35)/t22-/m0/s1. The molecule has 3 aromatic rings. The lowest BCUT2D eigenvalue weighted by molar-refractivity contribution is -0.139. The summed E-state index contributed by atoms with van der Waals surface area (Å²) in [7, 11) is -4.24. The Hall–Kier alpha value is -3.92. The molecule has 39 heavy (non-hydrogen) atoms. The summed E-state index contributed by atoms with van der Waals surface area (Å²) >= 11 is 0. The minimum absolute atomic E-state index is 0.0182. The van der Waals surface area contributed by atoms with E-state index >= 15 is 0 Å². The minimum atomic E-state index is -4.24. The van der Waals surface area contributed by atoms with Gasteiger partial charge in [-0.1, -0.05) is 48.5 Å². The zero-order valence-corrected chi connectivity index (χ0v) is 23.3. The number of nitrogens with one attached hydrogen (secondary N) is 1. The van der Waals surface area contributed by atoms with Crippen LogP contribution in [0.5, 0.6) is 5.75 Å². The van der Waals surface area contributed by atoms with Crippen LogP contribution in [0.4, 0.5) is 10.1 Å². The van der Waals surface area contributed by atoms with Crippen molar-refractivity contribution in [3.05, 3.63) is 90.2 Å². The molecule has 8 nitrogen and oxygen atoms in total. The zero-order valence-electron chi connectivity index (χ0n) is 22.5. The number of hydrogen-bond acceptors (Lipinski definition) is 5. The lowest BCUT2D eigenvalue weighted by Gasteiger charge is -2.32. The Morgan fingerprint density at radius 3 is 2.18 bits per heavy atom. The molecule has 1 atom stereocenters. The van der Waals surface area contributed by atoms with E-state index in [-0.39, 0.29) is 41.1 Å². The van der Waals surface area contributed by atoms with Gasteiger partial charge in [0.15, 0.2) is 0 Å². The van der Waals surface area contributed by atoms with Crippen LogP contribution in [-0.2, 0) is 26.2 Å². The van der Waals surface area contributed by atoms with Gasteiger partial charge in [-0.05, 0) is 58.0 Å². The van der Waals surface area contributed by atoms with Gasteiger partial charge in [0.05, 0.1) is 17.2 Å². The molecule has 0 radical (unpaired) electrons. The van der Waals surface area contributed by atoms with Gasteiger partial charge in [-0.3, -0.25) is 13.9 Å². The van der Waals surface area contributed by atoms with Crippen molar-refractivity contribution >= 4 is 27.5 Å². The molecule has 0 unspecified atom stereocenters. The van der Waals surface area contributed by atoms with Crippen molar-refractivity contribution < 1.29 is 27.1 Å². The second kappa shape index (κ2) is 13.2. The summed E-state index contributed by atoms with van der Waals surface area (Å²) < 4.78 is 49.0. The van der Waals surface area contributed by atoms with Gasteiger partial charge in [0.25, 0.3) is 10.0 Å². The van der Waals surface area contributed by atoms with E-state index in [0.717, 1.165) is 4.31 Å². The third-order valence-electron chi connectivity index (χ3n) is 5.94. The van der Waals surface area contributed by atoms with E-state index in [4.69, 9.17) is 4.74 Å². The third kappa shape index (κ3) is 7.35. The highest BCUT2D eigenvalue weighted by Gasteiger charge is 2.34. The van der Waals surface area contributed by atoms with Crippen LogP contribution in [0.1, 0.15) is 33.3 Å². The Balaban J connectivity index is 2.08. The van der Waals surface area contributed by atoms with Crippen molar-refractivity contribution in [1.29, 1.82) is 0 Å². The molecule has 3 rings (SSSR count). The van der Waals surface area contributed by atoms with Crippen molar-refractivity contribution in [2.24, 2.45) is 0 Å². The monoisotopic (exact) mass is 555 g/mol. The molecule has 3 aromatic carbocycles. The zero-order chi connectivity index (χ0) is 28.6. The van der Waals surface area contributed by atoms with Crippen LogP contribution in [0.25, 0.3) is 0 Å². The molecule has 10 heteroatoms. The molecule has 0 fully saturated rings. The van der Waals surface area contributed by atoms with Crippen LogP contribution in [0.15, 0.2) is 83.8 Å². The number of anilines is 1. The molecule has 0 saturated carbocycles. The smallest absolute Gasteiger partial charge is 0.264 e. The van der Waals surface area contributed by atoms with Gasteiger partial charge in [-0.15, -0.1) is 0 Å². The van der Waals surface area contributed by atoms with E-state index in [2.05, 4.69) is 5.32 Å². The number of sulfonamides is 1. The van der Waals surface area contributed by atoms with Crippen LogP contribution >= 0.6 is 0 Å². The number of nitrogens with zero attached hydrogens (tertiary/aromatic N) is 2. The van der Waals surface area contributed by atoms with E-state index in [1.54, 1.807) is 69.3 Å². The topological polar surface area (TPSA) is 96.0 Å². The number of hydrogen-bond donors (Lipinski definition) is 1. The molecule has 0 aliphatic carbocycles. The van der Waals surface area contributed by atoms with Crippen molar-refractivity contribution in [1.82, 2.24) is 10.2 Å². The van der Waals surface area contributed by atoms with E-state index < -0.39 is 40.2 Å². The largest absolute Gasteiger partial charge is 0.492 e. The average Bonchev–Trinajstić information content (AvgIpc) is 2.91. The summed E-state index contributed by atoms with van der Waals surface area (Å²) in [5.41, 5.74) is 0.365. The van der Waals surface area contributed by atoms with Gasteiger partial charge in [0, 0.05) is 18.2 Å². The second-order valence-corrected chi connectivity index (χ2v) is 11.0. The fourth-order valence-corrected chi connectivity index (χ4v) is 5.42. The number of amides is 2. The molecular formula is C29H34FN3O5S. The maximum Gasteiger partial charge on any atom is 0.264 e. The Morgan fingerprint density at radius 1 is 0.923 bits per heavy atom. The van der Waals surface area contributed by atoms with Gasteiger partial charge in [-0.25, -0.2) is 12.8 Å². The molecule has 0 bridgehead atoms. The molecule has 0 aliphatic heterocycles. The molecule has 2 amide bonds. The number of carbonyl (C=O) groups is 2. The Bertz CT molecular complexity index is 1380. The summed E-state index contributed by atoms with van der Waals surface area (Å²) in [4.78, 5) is 28.0. The number of para-hydroxylation sites is 2. The number of halogens is 1. The van der Waals surface area contributed by atoms with Crippen molar-refractivity contribution in [2.45, 2.75) is 51.2 Å². The summed E-state index contributed by atoms with van der Waals surface area (Å²) in [6.07, 6.45) is 0. The molecule has 0 aromatic heterocycles. The first-order valence-corrected chi connectivity index (χ1v) is 14.1. The Labute approximate surface area is 229 Å². The summed E-state index contributed by atoms with van der Waals surface area (Å²) in [5.74, 6) is -1.39. The molecular weight excluding hydrogens is 521 g/mol. The van der Waals surface area contributed by atoms with Gasteiger partial charge in [-0.2, -0.15) is 0 Å². The molecule has 0 saturated heterocycles. The molecule has 208 valence electrons. The molecule has 0 aliphatic rings. The first kappa shape index (κ1) is 29.6. The van der Waals surface area contributed by atoms with Crippen LogP contribution in [0.2, 0.25) is 0 Å². The lowest BCUT2D eigenvalue weighted by atomic mass is 10.1. The fraction of sp³-hybridized carbons (Fsp3) is 0.310. The SMILES string of the molecule is CCOc1ccccc1N(CC(=O)N(Cc1ccccc1F)[C@@H](C)C(=O)NC(C)C)S(=O)(=O)c1ccccc1. The van der Waals surface area contributed by atoms with Crippen molar-refractivity contribution in [3.63, 3.8) is 0 Å². The second-order valence-electron chi connectivity index (χ2n) is 9.18. The van der Waals surface area contributed by atoms with E-state index in [0.29, 0.717) is 0 Å². The summed E-state index contributed by atoms with van der Waals surface area (Å²) in [6, 6.07) is 19.0. The van der Waals surface area contributed by atoms with Gasteiger partial charge >= 0.3 is 0 Å². The molecule has 0 spiro atoms. The predicted molar refractivity (Wildman–Crippen MR) is 148 cm³/mol. The van der Waals surface area contributed by atoms with Crippen molar-refractivity contribution in [3.8, 4) is 5.75 Å². The molecule has 0 heterocycles. The number of benzene rings is 3. The first-order valence-electron chi connectivity index (χ1n) is 12.7. The van der Waals surface area contributed by atoms with E-state index in [9.17, 15) is 22.4 Å². The van der Waals surface area contributed by atoms with Crippen molar-refractivity contribution in [2.75, 3.05) is 17.5 Å². The van der Waals surface area contributed by atoms with Crippen LogP contribution in [-0.4, -0.2) is 50.4 Å². The average molecular weight is 556 g/mol. The molecule has 1 N–H and O–H groups in total. The first-order chi connectivity index (χ1) is 18.6. The predicted octanol–water partition coefficient (Wildman–Crippen LogP) is 4.36. The number of rotatable bonds is 12. The fourth-order valence-electron chi connectivity index (χ4n) is 3.97. The van der Waals surface area contributed by atoms with Crippen LogP contribution in [0.3, 0.4) is 0 Å². The van der Waals surface area contributed by atoms with Gasteiger partial charge in [0.1, 0.15) is 24.2 Å². The Morgan fingerprint density at radius 2 is 1.54 bits per heavy atom. The number of ether oxygens (including phenoxy) is 1. The Kier molecular flexibility index (Phi) is 10.1. The highest BCUT2D eigenvalue weighted by atomic mass is 32.2. The maximum atomic E-state index is 14.6. The van der Waals surface area contributed by atoms with E-state index in [1.165, 1.54) is 42.2 Å². The van der Waals surface area contributed by atoms with Gasteiger partial charge < -0.3 is 15.0 Å².